The van der Waals surface area contributed by atoms with E-state index in [2.05, 4.69) is 10.6 Å². The van der Waals surface area contributed by atoms with Gasteiger partial charge in [0.15, 0.2) is 0 Å². The Balaban J connectivity index is 1.80. The number of benzene rings is 2. The summed E-state index contributed by atoms with van der Waals surface area (Å²) in [6.45, 7) is -0.183. The molecule has 0 radical (unpaired) electrons. The van der Waals surface area contributed by atoms with Crippen LogP contribution in [0.15, 0.2) is 42.5 Å². The van der Waals surface area contributed by atoms with E-state index in [1.54, 1.807) is 31.4 Å². The molecule has 0 spiro atoms. The van der Waals surface area contributed by atoms with E-state index in [0.29, 0.717) is 11.3 Å². The van der Waals surface area contributed by atoms with Crippen LogP contribution in [0.25, 0.3) is 0 Å². The van der Waals surface area contributed by atoms with Crippen molar-refractivity contribution in [2.75, 3.05) is 13.7 Å². The molecular formula is C17H18F2N2O3. The molecule has 0 aliphatic heterocycles. The standard InChI is InChI=1S/C17H18F2N2O3/c1-24-14-5-2-11(3-6-14)16(22)10-21-17(23)20-9-12-8-13(18)4-7-15(12)19/h2-8,16,22H,9-10H2,1H3,(H2,20,21,23). The quantitative estimate of drug-likeness (QED) is 0.759. The number of urea groups is 1. The van der Waals surface area contributed by atoms with Gasteiger partial charge in [-0.15, -0.1) is 0 Å². The molecule has 0 fully saturated rings. The molecule has 2 aromatic rings. The lowest BCUT2D eigenvalue weighted by Gasteiger charge is -2.13. The first-order valence-electron chi connectivity index (χ1n) is 7.27. The fraction of sp³-hybridized carbons (Fsp3) is 0.235. The van der Waals surface area contributed by atoms with Crippen LogP contribution in [0.2, 0.25) is 0 Å². The summed E-state index contributed by atoms with van der Waals surface area (Å²) in [5.74, 6) is -0.521. The molecule has 2 aromatic carbocycles. The molecule has 7 heteroatoms. The van der Waals surface area contributed by atoms with Crippen LogP contribution in [-0.2, 0) is 6.54 Å². The van der Waals surface area contributed by atoms with Crippen LogP contribution in [-0.4, -0.2) is 24.8 Å². The molecule has 0 aliphatic carbocycles. The van der Waals surface area contributed by atoms with Gasteiger partial charge < -0.3 is 20.5 Å². The van der Waals surface area contributed by atoms with Crippen molar-refractivity contribution >= 4 is 6.03 Å². The van der Waals surface area contributed by atoms with E-state index < -0.39 is 23.8 Å². The first-order valence-corrected chi connectivity index (χ1v) is 7.27. The highest BCUT2D eigenvalue weighted by atomic mass is 19.1. The van der Waals surface area contributed by atoms with Crippen LogP contribution < -0.4 is 15.4 Å². The van der Waals surface area contributed by atoms with Gasteiger partial charge in [0.25, 0.3) is 0 Å². The normalized spacial score (nSPS) is 11.7. The van der Waals surface area contributed by atoms with E-state index in [0.717, 1.165) is 18.2 Å². The van der Waals surface area contributed by atoms with E-state index >= 15 is 0 Å². The third-order valence-corrected chi connectivity index (χ3v) is 3.40. The average molecular weight is 336 g/mol. The Morgan fingerprint density at radius 1 is 1.17 bits per heavy atom. The molecule has 24 heavy (non-hydrogen) atoms. The van der Waals surface area contributed by atoms with E-state index in [9.17, 15) is 18.7 Å². The highest BCUT2D eigenvalue weighted by Crippen LogP contribution is 2.17. The van der Waals surface area contributed by atoms with Crippen LogP contribution >= 0.6 is 0 Å². The average Bonchev–Trinajstić information content (AvgIpc) is 2.60. The lowest BCUT2D eigenvalue weighted by Crippen LogP contribution is -2.37. The Kier molecular flexibility index (Phi) is 6.08. The van der Waals surface area contributed by atoms with Gasteiger partial charge in [0.2, 0.25) is 0 Å². The molecule has 5 nitrogen and oxygen atoms in total. The van der Waals surface area contributed by atoms with Gasteiger partial charge in [-0.3, -0.25) is 0 Å². The maximum atomic E-state index is 13.4. The summed E-state index contributed by atoms with van der Waals surface area (Å²) in [6.07, 6.45) is -0.896. The van der Waals surface area contributed by atoms with Gasteiger partial charge in [0.1, 0.15) is 17.4 Å². The summed E-state index contributed by atoms with van der Waals surface area (Å²) < 4.78 is 31.5. The van der Waals surface area contributed by atoms with E-state index in [1.165, 1.54) is 0 Å². The van der Waals surface area contributed by atoms with Crippen molar-refractivity contribution < 1.29 is 23.4 Å². The van der Waals surface area contributed by atoms with Crippen molar-refractivity contribution in [1.29, 1.82) is 0 Å². The molecule has 0 bridgehead atoms. The van der Waals surface area contributed by atoms with Crippen LogP contribution in [0.4, 0.5) is 13.6 Å². The van der Waals surface area contributed by atoms with Crippen LogP contribution in [0.3, 0.4) is 0 Å². The first kappa shape index (κ1) is 17.7. The number of halogens is 2. The number of hydrogen-bond donors (Lipinski definition) is 3. The zero-order chi connectivity index (χ0) is 17.5. The molecule has 128 valence electrons. The third kappa shape index (κ3) is 4.92. The monoisotopic (exact) mass is 336 g/mol. The number of hydrogen-bond acceptors (Lipinski definition) is 3. The molecular weight excluding hydrogens is 318 g/mol. The summed E-state index contributed by atoms with van der Waals surface area (Å²) in [5.41, 5.74) is 0.660. The lowest BCUT2D eigenvalue weighted by molar-refractivity contribution is 0.173. The third-order valence-electron chi connectivity index (χ3n) is 3.40. The fourth-order valence-electron chi connectivity index (χ4n) is 2.05. The summed E-state index contributed by atoms with van der Waals surface area (Å²) in [7, 11) is 1.54. The Bertz CT molecular complexity index is 693. The number of nitrogens with one attached hydrogen (secondary N) is 2. The molecule has 1 atom stereocenters. The van der Waals surface area contributed by atoms with Crippen molar-refractivity contribution in [3.63, 3.8) is 0 Å². The number of methoxy groups -OCH3 is 1. The van der Waals surface area contributed by atoms with E-state index in [1.807, 2.05) is 0 Å². The van der Waals surface area contributed by atoms with Gasteiger partial charge in [-0.05, 0) is 35.9 Å². The number of carbonyl (C=O) groups excluding carboxylic acids is 1. The second kappa shape index (κ2) is 8.26. The Morgan fingerprint density at radius 3 is 2.54 bits per heavy atom. The fourth-order valence-corrected chi connectivity index (χ4v) is 2.05. The highest BCUT2D eigenvalue weighted by Gasteiger charge is 2.10. The second-order valence-corrected chi connectivity index (χ2v) is 5.09. The van der Waals surface area contributed by atoms with Crippen LogP contribution in [0.1, 0.15) is 17.2 Å². The van der Waals surface area contributed by atoms with Gasteiger partial charge in [-0.1, -0.05) is 12.1 Å². The summed E-state index contributed by atoms with van der Waals surface area (Å²) >= 11 is 0. The zero-order valence-corrected chi connectivity index (χ0v) is 13.1. The summed E-state index contributed by atoms with van der Waals surface area (Å²) in [4.78, 5) is 11.7. The maximum Gasteiger partial charge on any atom is 0.315 e. The van der Waals surface area contributed by atoms with Crippen LogP contribution in [0, 0.1) is 11.6 Å². The van der Waals surface area contributed by atoms with Crippen molar-refractivity contribution in [3.05, 3.63) is 65.2 Å². The molecule has 2 amide bonds. The number of amides is 2. The topological polar surface area (TPSA) is 70.6 Å². The number of aliphatic hydroxyl groups is 1. The molecule has 3 N–H and O–H groups in total. The maximum absolute atomic E-state index is 13.4. The van der Waals surface area contributed by atoms with Crippen molar-refractivity contribution in [1.82, 2.24) is 10.6 Å². The number of rotatable bonds is 6. The first-order chi connectivity index (χ1) is 11.5. The van der Waals surface area contributed by atoms with Gasteiger partial charge in [0, 0.05) is 18.7 Å². The molecule has 0 aromatic heterocycles. The Hall–Kier alpha value is -2.67. The molecule has 0 heterocycles. The van der Waals surface area contributed by atoms with Crippen molar-refractivity contribution in [2.45, 2.75) is 12.6 Å². The molecule has 2 rings (SSSR count). The predicted molar refractivity (Wildman–Crippen MR) is 84.6 cm³/mol. The Labute approximate surface area is 138 Å². The molecule has 1 unspecified atom stereocenters. The van der Waals surface area contributed by atoms with E-state index in [-0.39, 0.29) is 18.7 Å². The molecule has 0 saturated carbocycles. The number of aliphatic hydroxyl groups excluding tert-OH is 1. The number of carbonyl (C=O) groups is 1. The zero-order valence-electron chi connectivity index (χ0n) is 13.1. The van der Waals surface area contributed by atoms with E-state index in [4.69, 9.17) is 4.74 Å². The minimum Gasteiger partial charge on any atom is -0.497 e. The predicted octanol–water partition coefficient (Wildman–Crippen LogP) is 2.51. The molecule has 0 saturated heterocycles. The number of ether oxygens (including phenoxy) is 1. The van der Waals surface area contributed by atoms with Gasteiger partial charge in [-0.25, -0.2) is 13.6 Å². The minimum absolute atomic E-state index is 0.0240. The highest BCUT2D eigenvalue weighted by molar-refractivity contribution is 5.73. The second-order valence-electron chi connectivity index (χ2n) is 5.09. The Morgan fingerprint density at radius 2 is 1.88 bits per heavy atom. The summed E-state index contributed by atoms with van der Waals surface area (Å²) in [5, 5.41) is 14.9. The minimum atomic E-state index is -0.896. The van der Waals surface area contributed by atoms with Crippen molar-refractivity contribution in [2.24, 2.45) is 0 Å². The molecule has 0 aliphatic rings. The van der Waals surface area contributed by atoms with Gasteiger partial charge in [-0.2, -0.15) is 0 Å². The SMILES string of the molecule is COc1ccc(C(O)CNC(=O)NCc2cc(F)ccc2F)cc1. The lowest BCUT2D eigenvalue weighted by atomic mass is 10.1. The van der Waals surface area contributed by atoms with Gasteiger partial charge in [0.05, 0.1) is 13.2 Å². The smallest absolute Gasteiger partial charge is 0.315 e. The van der Waals surface area contributed by atoms with Crippen LogP contribution in [0.5, 0.6) is 5.75 Å². The summed E-state index contributed by atoms with van der Waals surface area (Å²) in [6, 6.07) is 9.20. The van der Waals surface area contributed by atoms with Crippen molar-refractivity contribution in [3.8, 4) is 5.75 Å². The van der Waals surface area contributed by atoms with Gasteiger partial charge >= 0.3 is 6.03 Å². The largest absolute Gasteiger partial charge is 0.497 e.